The molecule has 3 aromatic carbocycles. The molecule has 5 aromatic rings. The Bertz CT molecular complexity index is 1620. The molecule has 0 atom stereocenters. The molecule has 1 fully saturated rings. The second kappa shape index (κ2) is 9.22. The number of piperazine rings is 1. The van der Waals surface area contributed by atoms with Gasteiger partial charge in [-0.3, -0.25) is 0 Å². The number of aromatic nitrogens is 4. The van der Waals surface area contributed by atoms with Gasteiger partial charge in [0.05, 0.1) is 22.1 Å². The number of likely N-dealkylation sites (N-methyl/N-ethyl adjacent to an activating group) is 1. The van der Waals surface area contributed by atoms with Crippen molar-refractivity contribution >= 4 is 33.7 Å². The first kappa shape index (κ1) is 23.0. The number of aromatic amines is 2. The lowest BCUT2D eigenvalue weighted by molar-refractivity contribution is -0.130. The molecule has 1 aliphatic heterocycles. The van der Waals surface area contributed by atoms with Crippen LogP contribution >= 0.6 is 0 Å². The van der Waals surface area contributed by atoms with Crippen LogP contribution in [0.1, 0.15) is 6.92 Å². The van der Waals surface area contributed by atoms with Gasteiger partial charge < -0.3 is 24.5 Å². The molecule has 37 heavy (non-hydrogen) atoms. The summed E-state index contributed by atoms with van der Waals surface area (Å²) < 4.78 is 5.28. The molecule has 2 aromatic heterocycles. The number of carbonyl (C=O) groups excluding carboxylic acids is 1. The number of esters is 1. The number of fused-ring (bicyclic) bond motifs is 2. The number of H-pyrrole nitrogens is 2. The molecule has 0 unspecified atom stereocenters. The molecule has 6 rings (SSSR count). The van der Waals surface area contributed by atoms with Crippen molar-refractivity contribution in [3.63, 3.8) is 0 Å². The third kappa shape index (κ3) is 4.59. The number of ether oxygens (including phenoxy) is 1. The Kier molecular flexibility index (Phi) is 5.73. The largest absolute Gasteiger partial charge is 0.423 e. The van der Waals surface area contributed by atoms with Gasteiger partial charge in [-0.15, -0.1) is 0 Å². The van der Waals surface area contributed by atoms with Crippen LogP contribution in [0.3, 0.4) is 0 Å². The number of nitrogens with one attached hydrogen (secondary N) is 2. The van der Waals surface area contributed by atoms with E-state index >= 15 is 0 Å². The van der Waals surface area contributed by atoms with Gasteiger partial charge in [-0.25, -0.2) is 14.8 Å². The molecule has 1 aliphatic rings. The van der Waals surface area contributed by atoms with Crippen molar-refractivity contribution in [1.29, 1.82) is 0 Å². The highest BCUT2D eigenvalue weighted by atomic mass is 16.5. The second-order valence-electron chi connectivity index (χ2n) is 9.59. The minimum atomic E-state index is -0.440. The van der Waals surface area contributed by atoms with Crippen LogP contribution in [0.5, 0.6) is 5.75 Å². The quantitative estimate of drug-likeness (QED) is 0.204. The summed E-state index contributed by atoms with van der Waals surface area (Å²) in [5, 5.41) is 0. The van der Waals surface area contributed by atoms with Crippen LogP contribution < -0.4 is 9.64 Å². The van der Waals surface area contributed by atoms with Gasteiger partial charge >= 0.3 is 5.97 Å². The lowest BCUT2D eigenvalue weighted by atomic mass is 10.2. The molecule has 0 saturated carbocycles. The van der Waals surface area contributed by atoms with Gasteiger partial charge in [0.15, 0.2) is 0 Å². The average molecular weight is 493 g/mol. The van der Waals surface area contributed by atoms with E-state index in [2.05, 4.69) is 57.7 Å². The van der Waals surface area contributed by atoms with E-state index in [4.69, 9.17) is 14.7 Å². The molecule has 0 radical (unpaired) electrons. The summed E-state index contributed by atoms with van der Waals surface area (Å²) in [6, 6.07) is 19.8. The normalized spacial score (nSPS) is 14.4. The molecule has 0 amide bonds. The highest BCUT2D eigenvalue weighted by Gasteiger charge is 2.16. The average Bonchev–Trinajstić information content (AvgIpc) is 3.53. The van der Waals surface area contributed by atoms with E-state index in [1.807, 2.05) is 24.3 Å². The maximum atomic E-state index is 11.7. The monoisotopic (exact) mass is 492 g/mol. The van der Waals surface area contributed by atoms with E-state index in [1.165, 1.54) is 5.69 Å². The maximum absolute atomic E-state index is 11.7. The van der Waals surface area contributed by atoms with Crippen molar-refractivity contribution in [2.45, 2.75) is 6.92 Å². The lowest BCUT2D eigenvalue weighted by Crippen LogP contribution is -2.44. The van der Waals surface area contributed by atoms with Crippen LogP contribution in [0.15, 0.2) is 72.8 Å². The summed E-state index contributed by atoms with van der Waals surface area (Å²) in [5.74, 6) is 1.60. The minimum Gasteiger partial charge on any atom is -0.423 e. The molecule has 0 bridgehead atoms. The molecule has 8 heteroatoms. The number of hydrogen-bond donors (Lipinski definition) is 2. The van der Waals surface area contributed by atoms with Gasteiger partial charge in [0.25, 0.3) is 0 Å². The first-order chi connectivity index (χ1) is 17.9. The van der Waals surface area contributed by atoms with Crippen LogP contribution in [0.2, 0.25) is 0 Å². The summed E-state index contributed by atoms with van der Waals surface area (Å²) in [5.41, 5.74) is 7.24. The van der Waals surface area contributed by atoms with E-state index < -0.39 is 5.97 Å². The number of imidazole rings is 2. The zero-order valence-corrected chi connectivity index (χ0v) is 20.9. The standard InChI is InChI=1S/C29H28N6O2/c1-18(2)29(36)37-22-8-4-19(5-9-22)27-30-23-10-6-20(16-25(23)32-27)28-31-24-11-7-21(17-26(24)33-28)35-14-12-34(3)13-15-35/h4-11,16-17H,1,12-15H2,2-3H3,(H,30,32)(H,31,33). The van der Waals surface area contributed by atoms with Crippen molar-refractivity contribution in [1.82, 2.24) is 24.8 Å². The Morgan fingerprint density at radius 2 is 1.43 bits per heavy atom. The number of nitrogens with zero attached hydrogens (tertiary/aromatic N) is 4. The number of rotatable bonds is 5. The summed E-state index contributed by atoms with van der Waals surface area (Å²) in [7, 11) is 2.17. The Morgan fingerprint density at radius 1 is 0.838 bits per heavy atom. The summed E-state index contributed by atoms with van der Waals surface area (Å²) in [6.07, 6.45) is 0. The fraction of sp³-hybridized carbons (Fsp3) is 0.207. The van der Waals surface area contributed by atoms with E-state index in [0.717, 1.165) is 71.0 Å². The van der Waals surface area contributed by atoms with Gasteiger partial charge in [0, 0.05) is 48.6 Å². The molecular formula is C29H28N6O2. The van der Waals surface area contributed by atoms with Crippen LogP contribution in [0, 0.1) is 0 Å². The Morgan fingerprint density at radius 3 is 2.11 bits per heavy atom. The van der Waals surface area contributed by atoms with Crippen molar-refractivity contribution in [2.75, 3.05) is 38.1 Å². The number of anilines is 1. The van der Waals surface area contributed by atoms with E-state index in [1.54, 1.807) is 19.1 Å². The van der Waals surface area contributed by atoms with Crippen LogP contribution in [0.4, 0.5) is 5.69 Å². The molecular weight excluding hydrogens is 464 g/mol. The predicted octanol–water partition coefficient (Wildman–Crippen LogP) is 5.01. The van der Waals surface area contributed by atoms with Crippen LogP contribution in [-0.4, -0.2) is 64.0 Å². The van der Waals surface area contributed by atoms with Gasteiger partial charge in [-0.1, -0.05) is 6.58 Å². The summed E-state index contributed by atoms with van der Waals surface area (Å²) >= 11 is 0. The van der Waals surface area contributed by atoms with Gasteiger partial charge in [-0.2, -0.15) is 0 Å². The third-order valence-corrected chi connectivity index (χ3v) is 6.78. The highest BCUT2D eigenvalue weighted by Crippen LogP contribution is 2.29. The summed E-state index contributed by atoms with van der Waals surface area (Å²) in [4.78, 5) is 33.0. The van der Waals surface area contributed by atoms with Gasteiger partial charge in [-0.05, 0) is 74.6 Å². The van der Waals surface area contributed by atoms with E-state index in [0.29, 0.717) is 11.3 Å². The first-order valence-electron chi connectivity index (χ1n) is 12.3. The SMILES string of the molecule is C=C(C)C(=O)Oc1ccc(-c2nc3ccc(-c4nc5ccc(N6CCN(C)CC6)cc5[nH]4)cc3[nH]2)cc1. The smallest absolute Gasteiger partial charge is 0.338 e. The third-order valence-electron chi connectivity index (χ3n) is 6.78. The Hall–Kier alpha value is -4.43. The zero-order chi connectivity index (χ0) is 25.5. The zero-order valence-electron chi connectivity index (χ0n) is 20.9. The number of hydrogen-bond acceptors (Lipinski definition) is 6. The van der Waals surface area contributed by atoms with Crippen LogP contribution in [-0.2, 0) is 4.79 Å². The molecule has 186 valence electrons. The maximum Gasteiger partial charge on any atom is 0.338 e. The van der Waals surface area contributed by atoms with Crippen molar-refractivity contribution in [3.8, 4) is 28.5 Å². The van der Waals surface area contributed by atoms with Crippen molar-refractivity contribution < 1.29 is 9.53 Å². The first-order valence-corrected chi connectivity index (χ1v) is 12.3. The summed E-state index contributed by atoms with van der Waals surface area (Å²) in [6.45, 7) is 9.44. The Balaban J connectivity index is 1.25. The van der Waals surface area contributed by atoms with E-state index in [9.17, 15) is 4.79 Å². The topological polar surface area (TPSA) is 90.1 Å². The Labute approximate surface area is 214 Å². The molecule has 0 aliphatic carbocycles. The van der Waals surface area contributed by atoms with E-state index in [-0.39, 0.29) is 0 Å². The number of carbonyl (C=O) groups is 1. The molecule has 0 spiro atoms. The van der Waals surface area contributed by atoms with Crippen LogP contribution in [0.25, 0.3) is 44.8 Å². The fourth-order valence-corrected chi connectivity index (χ4v) is 4.56. The highest BCUT2D eigenvalue weighted by molar-refractivity contribution is 5.89. The minimum absolute atomic E-state index is 0.358. The fourth-order valence-electron chi connectivity index (χ4n) is 4.56. The number of benzene rings is 3. The lowest BCUT2D eigenvalue weighted by Gasteiger charge is -2.34. The van der Waals surface area contributed by atoms with Gasteiger partial charge in [0.1, 0.15) is 17.4 Å². The van der Waals surface area contributed by atoms with Crippen molar-refractivity contribution in [3.05, 3.63) is 72.8 Å². The molecule has 1 saturated heterocycles. The predicted molar refractivity (Wildman–Crippen MR) is 147 cm³/mol. The van der Waals surface area contributed by atoms with Crippen molar-refractivity contribution in [2.24, 2.45) is 0 Å². The molecule has 3 heterocycles. The molecule has 8 nitrogen and oxygen atoms in total. The van der Waals surface area contributed by atoms with Gasteiger partial charge in [0.2, 0.25) is 0 Å². The second-order valence-corrected chi connectivity index (χ2v) is 9.59. The molecule has 2 N–H and O–H groups in total.